The highest BCUT2D eigenvalue weighted by Crippen LogP contribution is 2.15. The van der Waals surface area contributed by atoms with E-state index in [9.17, 15) is 0 Å². The molecule has 2 heterocycles. The average molecular weight is 507 g/mol. The van der Waals surface area contributed by atoms with Gasteiger partial charge in [-0.25, -0.2) is 4.99 Å². The number of halogens is 1. The van der Waals surface area contributed by atoms with Crippen molar-refractivity contribution in [1.82, 2.24) is 25.2 Å². The van der Waals surface area contributed by atoms with Crippen LogP contribution in [0.3, 0.4) is 0 Å². The van der Waals surface area contributed by atoms with E-state index in [1.807, 2.05) is 28.8 Å². The summed E-state index contributed by atoms with van der Waals surface area (Å²) in [5.41, 5.74) is 3.36. The normalized spacial score (nSPS) is 11.2. The third-order valence-electron chi connectivity index (χ3n) is 4.53. The topological polar surface area (TPSA) is 69.8 Å². The Kier molecular flexibility index (Phi) is 9.17. The van der Waals surface area contributed by atoms with E-state index in [2.05, 4.69) is 75.8 Å². The predicted octanol–water partition coefficient (Wildman–Crippen LogP) is 3.24. The van der Waals surface area contributed by atoms with Crippen molar-refractivity contribution >= 4 is 41.3 Å². The van der Waals surface area contributed by atoms with Crippen LogP contribution in [0, 0.1) is 6.92 Å². The van der Waals surface area contributed by atoms with Gasteiger partial charge in [-0.05, 0) is 50.6 Å². The summed E-state index contributed by atoms with van der Waals surface area (Å²) in [5, 5.41) is 15.1. The highest BCUT2D eigenvalue weighted by Gasteiger charge is 2.07. The number of aliphatic imine (C=N–C) groups is 1. The Morgan fingerprint density at radius 2 is 1.97 bits per heavy atom. The summed E-state index contributed by atoms with van der Waals surface area (Å²) >= 11 is 0. The number of aromatic nitrogens is 3. The van der Waals surface area contributed by atoms with Crippen molar-refractivity contribution in [2.75, 3.05) is 31.1 Å². The zero-order valence-corrected chi connectivity index (χ0v) is 19.6. The molecule has 0 amide bonds. The Balaban J connectivity index is 0.00000300. The van der Waals surface area contributed by atoms with Crippen LogP contribution in [0.15, 0.2) is 53.7 Å². The van der Waals surface area contributed by atoms with E-state index in [1.54, 1.807) is 0 Å². The molecule has 7 nitrogen and oxygen atoms in total. The SMILES string of the molecule is CCNC(=NCc1nnc2ccccn12)NCCN(CC)c1cccc(C)c1.I. The number of guanidine groups is 1. The minimum absolute atomic E-state index is 0. The molecule has 156 valence electrons. The summed E-state index contributed by atoms with van der Waals surface area (Å²) in [7, 11) is 0. The fourth-order valence-electron chi connectivity index (χ4n) is 3.09. The van der Waals surface area contributed by atoms with Gasteiger partial charge in [0.2, 0.25) is 0 Å². The summed E-state index contributed by atoms with van der Waals surface area (Å²) in [4.78, 5) is 7.02. The lowest BCUT2D eigenvalue weighted by molar-refractivity contribution is 0.747. The number of benzene rings is 1. The maximum atomic E-state index is 4.67. The number of pyridine rings is 1. The Hall–Kier alpha value is -2.36. The number of hydrogen-bond acceptors (Lipinski definition) is 4. The molecule has 29 heavy (non-hydrogen) atoms. The van der Waals surface area contributed by atoms with Crippen LogP contribution in [0.1, 0.15) is 25.2 Å². The van der Waals surface area contributed by atoms with Crippen molar-refractivity contribution in [1.29, 1.82) is 0 Å². The third-order valence-corrected chi connectivity index (χ3v) is 4.53. The molecule has 0 aliphatic heterocycles. The lowest BCUT2D eigenvalue weighted by atomic mass is 10.2. The van der Waals surface area contributed by atoms with Gasteiger partial charge in [-0.3, -0.25) is 4.40 Å². The Bertz CT molecular complexity index is 922. The fraction of sp³-hybridized carbons (Fsp3) is 0.381. The summed E-state index contributed by atoms with van der Waals surface area (Å²) in [5.74, 6) is 1.61. The van der Waals surface area contributed by atoms with Gasteiger partial charge in [0, 0.05) is 38.1 Å². The Morgan fingerprint density at radius 1 is 1.10 bits per heavy atom. The molecule has 0 radical (unpaired) electrons. The molecule has 0 unspecified atom stereocenters. The molecule has 0 aliphatic rings. The molecule has 0 saturated carbocycles. The number of nitrogens with one attached hydrogen (secondary N) is 2. The lowest BCUT2D eigenvalue weighted by Crippen LogP contribution is -2.41. The minimum atomic E-state index is 0. The van der Waals surface area contributed by atoms with Gasteiger partial charge in [0.05, 0.1) is 0 Å². The summed E-state index contributed by atoms with van der Waals surface area (Å²) in [6.07, 6.45) is 1.96. The maximum Gasteiger partial charge on any atom is 0.191 e. The van der Waals surface area contributed by atoms with Crippen molar-refractivity contribution in [3.05, 3.63) is 60.0 Å². The van der Waals surface area contributed by atoms with Gasteiger partial charge in [-0.2, -0.15) is 0 Å². The van der Waals surface area contributed by atoms with Gasteiger partial charge in [0.25, 0.3) is 0 Å². The highest BCUT2D eigenvalue weighted by molar-refractivity contribution is 14.0. The highest BCUT2D eigenvalue weighted by atomic mass is 127. The molecule has 2 aromatic heterocycles. The number of hydrogen-bond donors (Lipinski definition) is 2. The summed E-state index contributed by atoms with van der Waals surface area (Å²) in [6.45, 7) is 10.3. The van der Waals surface area contributed by atoms with Crippen LogP contribution in [-0.2, 0) is 6.54 Å². The van der Waals surface area contributed by atoms with Gasteiger partial charge in [-0.1, -0.05) is 18.2 Å². The number of nitrogens with zero attached hydrogens (tertiary/aromatic N) is 5. The molecular formula is C21H30IN7. The van der Waals surface area contributed by atoms with Crippen molar-refractivity contribution < 1.29 is 0 Å². The van der Waals surface area contributed by atoms with Gasteiger partial charge < -0.3 is 15.5 Å². The van der Waals surface area contributed by atoms with Crippen LogP contribution in [0.25, 0.3) is 5.65 Å². The van der Waals surface area contributed by atoms with Crippen LogP contribution in [0.2, 0.25) is 0 Å². The van der Waals surface area contributed by atoms with E-state index in [0.717, 1.165) is 43.6 Å². The third kappa shape index (κ3) is 6.31. The molecule has 1 aromatic carbocycles. The van der Waals surface area contributed by atoms with Crippen LogP contribution < -0.4 is 15.5 Å². The molecule has 3 aromatic rings. The zero-order valence-electron chi connectivity index (χ0n) is 17.3. The second-order valence-corrected chi connectivity index (χ2v) is 6.59. The summed E-state index contributed by atoms with van der Waals surface area (Å²) < 4.78 is 1.96. The monoisotopic (exact) mass is 507 g/mol. The fourth-order valence-corrected chi connectivity index (χ4v) is 3.09. The quantitative estimate of drug-likeness (QED) is 0.279. The largest absolute Gasteiger partial charge is 0.370 e. The smallest absolute Gasteiger partial charge is 0.191 e. The van der Waals surface area contributed by atoms with Crippen molar-refractivity contribution in [2.24, 2.45) is 4.99 Å². The van der Waals surface area contributed by atoms with Crippen LogP contribution >= 0.6 is 24.0 Å². The molecule has 0 spiro atoms. The second-order valence-electron chi connectivity index (χ2n) is 6.59. The number of likely N-dealkylation sites (N-methyl/N-ethyl adjacent to an activating group) is 1. The molecule has 0 saturated heterocycles. The molecule has 2 N–H and O–H groups in total. The van der Waals surface area contributed by atoms with E-state index in [1.165, 1.54) is 11.3 Å². The van der Waals surface area contributed by atoms with Crippen LogP contribution in [0.5, 0.6) is 0 Å². The molecule has 3 rings (SSSR count). The van der Waals surface area contributed by atoms with Gasteiger partial charge in [0.1, 0.15) is 6.54 Å². The first-order chi connectivity index (χ1) is 13.7. The van der Waals surface area contributed by atoms with E-state index in [-0.39, 0.29) is 24.0 Å². The number of aryl methyl sites for hydroxylation is 1. The minimum Gasteiger partial charge on any atom is -0.370 e. The van der Waals surface area contributed by atoms with Crippen LogP contribution in [-0.4, -0.2) is 46.7 Å². The zero-order chi connectivity index (χ0) is 19.8. The van der Waals surface area contributed by atoms with Gasteiger partial charge in [-0.15, -0.1) is 34.2 Å². The predicted molar refractivity (Wildman–Crippen MR) is 130 cm³/mol. The number of fused-ring (bicyclic) bond motifs is 1. The lowest BCUT2D eigenvalue weighted by Gasteiger charge is -2.24. The van der Waals surface area contributed by atoms with E-state index >= 15 is 0 Å². The number of anilines is 1. The Labute approximate surface area is 189 Å². The average Bonchev–Trinajstić information content (AvgIpc) is 3.12. The first kappa shape index (κ1) is 22.9. The number of rotatable bonds is 8. The Morgan fingerprint density at radius 3 is 2.72 bits per heavy atom. The summed E-state index contributed by atoms with van der Waals surface area (Å²) in [6, 6.07) is 14.5. The first-order valence-corrected chi connectivity index (χ1v) is 9.83. The first-order valence-electron chi connectivity index (χ1n) is 9.83. The van der Waals surface area contributed by atoms with Crippen molar-refractivity contribution in [2.45, 2.75) is 27.3 Å². The van der Waals surface area contributed by atoms with E-state index in [4.69, 9.17) is 0 Å². The second kappa shape index (κ2) is 11.6. The molecular weight excluding hydrogens is 477 g/mol. The van der Waals surface area contributed by atoms with Crippen LogP contribution in [0.4, 0.5) is 5.69 Å². The van der Waals surface area contributed by atoms with E-state index < -0.39 is 0 Å². The molecule has 8 heteroatoms. The maximum absolute atomic E-state index is 4.67. The molecule has 0 bridgehead atoms. The molecule has 0 fully saturated rings. The van der Waals surface area contributed by atoms with E-state index in [0.29, 0.717) is 6.54 Å². The standard InChI is InChI=1S/C21H29N7.HI/c1-4-22-21(24-16-20-26-25-19-11-6-7-13-28(19)20)23-12-14-27(5-2)18-10-8-9-17(3)15-18;/h6-11,13,15H,4-5,12,14,16H2,1-3H3,(H2,22,23,24);1H. The molecule has 0 atom stereocenters. The van der Waals surface area contributed by atoms with Gasteiger partial charge >= 0.3 is 0 Å². The van der Waals surface area contributed by atoms with Crippen molar-refractivity contribution in [3.8, 4) is 0 Å². The van der Waals surface area contributed by atoms with Gasteiger partial charge in [0.15, 0.2) is 17.4 Å². The molecule has 0 aliphatic carbocycles. The van der Waals surface area contributed by atoms with Crippen molar-refractivity contribution in [3.63, 3.8) is 0 Å².